The Kier molecular flexibility index (Phi) is 3.92. The quantitative estimate of drug-likeness (QED) is 0.419. The van der Waals surface area contributed by atoms with Gasteiger partial charge in [-0.3, -0.25) is 10.1 Å². The van der Waals surface area contributed by atoms with Crippen molar-refractivity contribution in [1.29, 1.82) is 0 Å². The third-order valence-electron chi connectivity index (χ3n) is 3.49. The highest BCUT2D eigenvalue weighted by atomic mass is 16.6. The number of non-ortho nitro benzene ring substituents is 1. The van der Waals surface area contributed by atoms with Gasteiger partial charge in [0.25, 0.3) is 5.69 Å². The first kappa shape index (κ1) is 13.9. The standard InChI is InChI=1S/C18H15N2O2/c21-20(22)17-10-6-9-16(13-17)18-11-4-5-12-19(18)14-15-7-2-1-3-8-15/h1-13H,14H2/q+1. The summed E-state index contributed by atoms with van der Waals surface area (Å²) in [5, 5.41) is 11.0. The Bertz CT molecular complexity index is 801. The average molecular weight is 291 g/mol. The zero-order valence-corrected chi connectivity index (χ0v) is 11.9. The number of nitro groups is 1. The Morgan fingerprint density at radius 3 is 2.45 bits per heavy atom. The molecule has 0 spiro atoms. The number of hydrogen-bond donors (Lipinski definition) is 0. The number of hydrogen-bond acceptors (Lipinski definition) is 2. The van der Waals surface area contributed by atoms with Crippen LogP contribution < -0.4 is 4.57 Å². The molecule has 0 saturated heterocycles. The van der Waals surface area contributed by atoms with Crippen LogP contribution in [0, 0.1) is 10.1 Å². The predicted octanol–water partition coefficient (Wildman–Crippen LogP) is 3.60. The minimum Gasteiger partial charge on any atom is -0.258 e. The SMILES string of the molecule is O=[N+]([O-])c1cccc(-c2cccc[n+]2Cc2ccccc2)c1. The van der Waals surface area contributed by atoms with Crippen molar-refractivity contribution in [3.8, 4) is 11.3 Å². The summed E-state index contributed by atoms with van der Waals surface area (Å²) in [5.74, 6) is 0. The lowest BCUT2D eigenvalue weighted by atomic mass is 10.1. The molecule has 1 aromatic heterocycles. The van der Waals surface area contributed by atoms with E-state index in [0.29, 0.717) is 0 Å². The van der Waals surface area contributed by atoms with E-state index in [-0.39, 0.29) is 10.6 Å². The van der Waals surface area contributed by atoms with E-state index in [2.05, 4.69) is 16.7 Å². The molecule has 4 nitrogen and oxygen atoms in total. The predicted molar refractivity (Wildman–Crippen MR) is 84.3 cm³/mol. The van der Waals surface area contributed by atoms with Crippen LogP contribution in [0.1, 0.15) is 5.56 Å². The number of rotatable bonds is 4. The lowest BCUT2D eigenvalue weighted by Crippen LogP contribution is -2.36. The van der Waals surface area contributed by atoms with Crippen molar-refractivity contribution in [2.75, 3.05) is 0 Å². The van der Waals surface area contributed by atoms with Gasteiger partial charge in [-0.25, -0.2) is 0 Å². The second-order valence-electron chi connectivity index (χ2n) is 5.01. The highest BCUT2D eigenvalue weighted by Crippen LogP contribution is 2.21. The van der Waals surface area contributed by atoms with Crippen molar-refractivity contribution in [1.82, 2.24) is 0 Å². The van der Waals surface area contributed by atoms with Gasteiger partial charge in [-0.1, -0.05) is 36.4 Å². The van der Waals surface area contributed by atoms with Gasteiger partial charge in [-0.15, -0.1) is 0 Å². The topological polar surface area (TPSA) is 47.0 Å². The molecule has 108 valence electrons. The Morgan fingerprint density at radius 2 is 1.68 bits per heavy atom. The first-order valence-corrected chi connectivity index (χ1v) is 7.01. The third kappa shape index (κ3) is 3.01. The molecule has 22 heavy (non-hydrogen) atoms. The first-order chi connectivity index (χ1) is 10.7. The maximum absolute atomic E-state index is 11.0. The van der Waals surface area contributed by atoms with E-state index in [0.717, 1.165) is 17.8 Å². The number of pyridine rings is 1. The summed E-state index contributed by atoms with van der Waals surface area (Å²) < 4.78 is 2.09. The van der Waals surface area contributed by atoms with E-state index in [1.165, 1.54) is 11.6 Å². The van der Waals surface area contributed by atoms with Crippen molar-refractivity contribution < 1.29 is 9.49 Å². The molecule has 4 heteroatoms. The molecule has 0 bridgehead atoms. The van der Waals surface area contributed by atoms with Crippen LogP contribution in [-0.4, -0.2) is 4.92 Å². The molecule has 0 aliphatic carbocycles. The molecule has 3 aromatic rings. The fraction of sp³-hybridized carbons (Fsp3) is 0.0556. The van der Waals surface area contributed by atoms with Crippen LogP contribution in [0.15, 0.2) is 79.0 Å². The molecule has 0 amide bonds. The fourth-order valence-corrected chi connectivity index (χ4v) is 2.44. The normalized spacial score (nSPS) is 10.4. The van der Waals surface area contributed by atoms with Crippen LogP contribution >= 0.6 is 0 Å². The molecule has 0 aliphatic rings. The lowest BCUT2D eigenvalue weighted by Gasteiger charge is -2.04. The van der Waals surface area contributed by atoms with Gasteiger partial charge >= 0.3 is 0 Å². The van der Waals surface area contributed by atoms with Crippen LogP contribution in [0.25, 0.3) is 11.3 Å². The largest absolute Gasteiger partial charge is 0.270 e. The average Bonchev–Trinajstić information content (AvgIpc) is 2.56. The van der Waals surface area contributed by atoms with Crippen LogP contribution in [-0.2, 0) is 6.54 Å². The van der Waals surface area contributed by atoms with Gasteiger partial charge in [0.15, 0.2) is 12.7 Å². The molecule has 1 heterocycles. The van der Waals surface area contributed by atoms with Gasteiger partial charge in [0.2, 0.25) is 5.69 Å². The van der Waals surface area contributed by atoms with Gasteiger partial charge in [-0.05, 0) is 12.1 Å². The molecular formula is C18H15N2O2+. The van der Waals surface area contributed by atoms with E-state index in [9.17, 15) is 10.1 Å². The molecule has 0 fully saturated rings. The minimum atomic E-state index is -0.367. The molecule has 0 saturated carbocycles. The summed E-state index contributed by atoms with van der Waals surface area (Å²) in [6.07, 6.45) is 1.99. The van der Waals surface area contributed by atoms with Crippen LogP contribution in [0.3, 0.4) is 0 Å². The van der Waals surface area contributed by atoms with E-state index in [4.69, 9.17) is 0 Å². The first-order valence-electron chi connectivity index (χ1n) is 7.01. The number of aromatic nitrogens is 1. The molecule has 0 atom stereocenters. The molecular weight excluding hydrogens is 276 g/mol. The van der Waals surface area contributed by atoms with Crippen molar-refractivity contribution in [3.63, 3.8) is 0 Å². The van der Waals surface area contributed by atoms with E-state index in [1.54, 1.807) is 12.1 Å². The Hall–Kier alpha value is -3.01. The van der Waals surface area contributed by atoms with Crippen molar-refractivity contribution in [2.24, 2.45) is 0 Å². The van der Waals surface area contributed by atoms with Crippen LogP contribution in [0.5, 0.6) is 0 Å². The molecule has 0 aliphatic heterocycles. The van der Waals surface area contributed by atoms with Crippen molar-refractivity contribution in [2.45, 2.75) is 6.54 Å². The molecule has 3 rings (SSSR count). The van der Waals surface area contributed by atoms with E-state index >= 15 is 0 Å². The monoisotopic (exact) mass is 291 g/mol. The summed E-state index contributed by atoms with van der Waals surface area (Å²) in [6, 6.07) is 22.7. The Morgan fingerprint density at radius 1 is 0.909 bits per heavy atom. The van der Waals surface area contributed by atoms with Crippen LogP contribution in [0.2, 0.25) is 0 Å². The van der Waals surface area contributed by atoms with Gasteiger partial charge in [0, 0.05) is 29.8 Å². The number of benzene rings is 2. The van der Waals surface area contributed by atoms with E-state index < -0.39 is 0 Å². The molecule has 0 N–H and O–H groups in total. The van der Waals surface area contributed by atoms with Crippen molar-refractivity contribution in [3.05, 3.63) is 94.7 Å². The summed E-state index contributed by atoms with van der Waals surface area (Å²) >= 11 is 0. The molecule has 0 unspecified atom stereocenters. The second kappa shape index (κ2) is 6.18. The maximum Gasteiger partial charge on any atom is 0.270 e. The Balaban J connectivity index is 2.01. The smallest absolute Gasteiger partial charge is 0.258 e. The minimum absolute atomic E-state index is 0.104. The highest BCUT2D eigenvalue weighted by molar-refractivity contribution is 5.59. The number of nitro benzene ring substituents is 1. The summed E-state index contributed by atoms with van der Waals surface area (Å²) in [5.41, 5.74) is 3.08. The zero-order valence-electron chi connectivity index (χ0n) is 11.9. The van der Waals surface area contributed by atoms with Crippen LogP contribution in [0.4, 0.5) is 5.69 Å². The Labute approximate surface area is 128 Å². The third-order valence-corrected chi connectivity index (χ3v) is 3.49. The zero-order chi connectivity index (χ0) is 15.4. The van der Waals surface area contributed by atoms with Gasteiger partial charge in [0.1, 0.15) is 0 Å². The van der Waals surface area contributed by atoms with Crippen molar-refractivity contribution >= 4 is 5.69 Å². The highest BCUT2D eigenvalue weighted by Gasteiger charge is 2.15. The van der Waals surface area contributed by atoms with Gasteiger partial charge in [0.05, 0.1) is 10.5 Å². The molecule has 2 aromatic carbocycles. The fourth-order valence-electron chi connectivity index (χ4n) is 2.44. The second-order valence-corrected chi connectivity index (χ2v) is 5.01. The number of nitrogens with zero attached hydrogens (tertiary/aromatic N) is 2. The maximum atomic E-state index is 11.0. The lowest BCUT2D eigenvalue weighted by molar-refractivity contribution is -0.677. The summed E-state index contributed by atoms with van der Waals surface area (Å²) in [4.78, 5) is 10.6. The van der Waals surface area contributed by atoms with Gasteiger partial charge in [-0.2, -0.15) is 4.57 Å². The van der Waals surface area contributed by atoms with Gasteiger partial charge < -0.3 is 0 Å². The summed E-state index contributed by atoms with van der Waals surface area (Å²) in [7, 11) is 0. The summed E-state index contributed by atoms with van der Waals surface area (Å²) in [6.45, 7) is 0.722. The van der Waals surface area contributed by atoms with E-state index in [1.807, 2.05) is 48.7 Å². The molecule has 0 radical (unpaired) electrons.